The molecule has 10 heteroatoms. The van der Waals surface area contributed by atoms with Gasteiger partial charge in [-0.3, -0.25) is 9.59 Å². The Labute approximate surface area is 210 Å². The van der Waals surface area contributed by atoms with Crippen molar-refractivity contribution < 1.29 is 19.1 Å². The van der Waals surface area contributed by atoms with Crippen molar-refractivity contribution in [3.63, 3.8) is 0 Å². The van der Waals surface area contributed by atoms with Gasteiger partial charge in [-0.05, 0) is 58.6 Å². The van der Waals surface area contributed by atoms with E-state index in [1.807, 2.05) is 51.4 Å². The van der Waals surface area contributed by atoms with E-state index in [1.165, 1.54) is 10.9 Å². The highest BCUT2D eigenvalue weighted by atomic mass is 16.5. The second-order valence-corrected chi connectivity index (χ2v) is 9.24. The van der Waals surface area contributed by atoms with Crippen molar-refractivity contribution in [2.45, 2.75) is 26.7 Å². The molecule has 1 unspecified atom stereocenters. The minimum Gasteiger partial charge on any atom is -0.462 e. The van der Waals surface area contributed by atoms with Gasteiger partial charge in [0.25, 0.3) is 0 Å². The van der Waals surface area contributed by atoms with Gasteiger partial charge in [0.05, 0.1) is 24.2 Å². The van der Waals surface area contributed by atoms with Crippen LogP contribution in [0.25, 0.3) is 16.7 Å². The summed E-state index contributed by atoms with van der Waals surface area (Å²) in [6.07, 6.45) is 2.33. The van der Waals surface area contributed by atoms with Crippen LogP contribution in [0.4, 0.5) is 5.82 Å². The maximum absolute atomic E-state index is 13.3. The number of nitrogens with one attached hydrogen (secondary N) is 1. The van der Waals surface area contributed by atoms with Crippen molar-refractivity contribution in [3.05, 3.63) is 47.7 Å². The van der Waals surface area contributed by atoms with E-state index in [4.69, 9.17) is 9.72 Å². The second kappa shape index (κ2) is 10.9. The summed E-state index contributed by atoms with van der Waals surface area (Å²) < 4.78 is 6.63. The van der Waals surface area contributed by atoms with E-state index in [0.717, 1.165) is 29.4 Å². The Morgan fingerprint density at radius 3 is 2.78 bits per heavy atom. The Morgan fingerprint density at radius 1 is 1.25 bits per heavy atom. The van der Waals surface area contributed by atoms with Gasteiger partial charge in [0.15, 0.2) is 11.6 Å². The summed E-state index contributed by atoms with van der Waals surface area (Å²) >= 11 is 0. The number of pyridine rings is 1. The smallest absolute Gasteiger partial charge is 0.343 e. The minimum absolute atomic E-state index is 0.0418. The largest absolute Gasteiger partial charge is 0.462 e. The van der Waals surface area contributed by atoms with Crippen molar-refractivity contribution >= 4 is 34.5 Å². The second-order valence-electron chi connectivity index (χ2n) is 9.24. The first-order valence-electron chi connectivity index (χ1n) is 12.1. The number of carbonyl (C=O) groups excluding carboxylic acids is 3. The number of rotatable bonds is 9. The summed E-state index contributed by atoms with van der Waals surface area (Å²) in [6.45, 7) is 5.67. The zero-order valence-electron chi connectivity index (χ0n) is 21.2. The lowest BCUT2D eigenvalue weighted by atomic mass is 10.1. The van der Waals surface area contributed by atoms with Gasteiger partial charge in [-0.1, -0.05) is 18.2 Å². The van der Waals surface area contributed by atoms with Crippen molar-refractivity contribution in [3.8, 4) is 5.82 Å². The Hall–Kier alpha value is -3.79. The fraction of sp³-hybridized carbons (Fsp3) is 0.423. The summed E-state index contributed by atoms with van der Waals surface area (Å²) in [5.74, 6) is -0.863. The number of fused-ring (bicyclic) bond motifs is 1. The number of carbonyl (C=O) groups is 3. The highest BCUT2D eigenvalue weighted by Crippen LogP contribution is 2.26. The van der Waals surface area contributed by atoms with Crippen LogP contribution in [0, 0.1) is 12.8 Å². The van der Waals surface area contributed by atoms with Crippen molar-refractivity contribution in [1.82, 2.24) is 24.6 Å². The minimum atomic E-state index is -0.593. The number of amides is 2. The highest BCUT2D eigenvalue weighted by molar-refractivity contribution is 6.02. The molecule has 36 heavy (non-hydrogen) atoms. The highest BCUT2D eigenvalue weighted by Gasteiger charge is 2.35. The molecule has 4 rings (SSSR count). The molecule has 190 valence electrons. The predicted octanol–water partition coefficient (Wildman–Crippen LogP) is 2.64. The van der Waals surface area contributed by atoms with E-state index in [1.54, 1.807) is 11.8 Å². The maximum Gasteiger partial charge on any atom is 0.343 e. The van der Waals surface area contributed by atoms with Crippen LogP contribution in [0.3, 0.4) is 0 Å². The molecule has 10 nitrogen and oxygen atoms in total. The lowest BCUT2D eigenvalue weighted by Gasteiger charge is -2.18. The van der Waals surface area contributed by atoms with Gasteiger partial charge in [-0.15, -0.1) is 0 Å². The van der Waals surface area contributed by atoms with E-state index in [0.29, 0.717) is 18.9 Å². The van der Waals surface area contributed by atoms with Crippen molar-refractivity contribution in [1.29, 1.82) is 0 Å². The number of esters is 1. The Kier molecular flexibility index (Phi) is 7.64. The fourth-order valence-corrected chi connectivity index (χ4v) is 4.40. The number of hydrogen-bond donors (Lipinski definition) is 1. The zero-order chi connectivity index (χ0) is 25.8. The molecule has 1 fully saturated rings. The quantitative estimate of drug-likeness (QED) is 0.457. The van der Waals surface area contributed by atoms with Crippen LogP contribution in [-0.4, -0.2) is 82.7 Å². The van der Waals surface area contributed by atoms with Gasteiger partial charge < -0.3 is 19.9 Å². The molecule has 2 amide bonds. The van der Waals surface area contributed by atoms with E-state index in [-0.39, 0.29) is 36.2 Å². The molecule has 2 aromatic heterocycles. The summed E-state index contributed by atoms with van der Waals surface area (Å²) in [4.78, 5) is 46.9. The molecular weight excluding hydrogens is 460 g/mol. The monoisotopic (exact) mass is 492 g/mol. The van der Waals surface area contributed by atoms with E-state index in [2.05, 4.69) is 15.3 Å². The molecule has 1 aliphatic rings. The third-order valence-corrected chi connectivity index (χ3v) is 6.25. The Balaban J connectivity index is 1.61. The standard InChI is InChI=1S/C26H32N6O4/c1-5-36-26(35)20-15-27-32(22-13-17(2)19-9-6-7-10-21(19)28-22)24(20)29-25(34)18-14-23(33)31(16-18)12-8-11-30(3)4/h6-7,9-10,13,15,18H,5,8,11-12,14,16H2,1-4H3,(H,29,34). The first-order chi connectivity index (χ1) is 17.3. The molecule has 1 saturated heterocycles. The van der Waals surface area contributed by atoms with E-state index >= 15 is 0 Å². The van der Waals surface area contributed by atoms with Crippen LogP contribution in [0.1, 0.15) is 35.7 Å². The molecule has 1 aliphatic heterocycles. The summed E-state index contributed by atoms with van der Waals surface area (Å²) in [5.41, 5.74) is 1.88. The zero-order valence-corrected chi connectivity index (χ0v) is 21.2. The summed E-state index contributed by atoms with van der Waals surface area (Å²) in [6, 6.07) is 9.58. The lowest BCUT2D eigenvalue weighted by molar-refractivity contribution is -0.128. The van der Waals surface area contributed by atoms with E-state index in [9.17, 15) is 14.4 Å². The van der Waals surface area contributed by atoms with Crippen LogP contribution in [0.15, 0.2) is 36.5 Å². The molecule has 1 atom stereocenters. The number of aromatic nitrogens is 3. The number of benzene rings is 1. The van der Waals surface area contributed by atoms with Crippen LogP contribution >= 0.6 is 0 Å². The van der Waals surface area contributed by atoms with Crippen LogP contribution in [0.2, 0.25) is 0 Å². The Bertz CT molecular complexity index is 1280. The molecule has 0 aliphatic carbocycles. The molecule has 3 aromatic rings. The summed E-state index contributed by atoms with van der Waals surface area (Å²) in [5, 5.41) is 8.22. The van der Waals surface area contributed by atoms with Crippen LogP contribution in [0.5, 0.6) is 0 Å². The third kappa shape index (κ3) is 5.38. The third-order valence-electron chi connectivity index (χ3n) is 6.25. The molecule has 0 radical (unpaired) electrons. The SMILES string of the molecule is CCOC(=O)c1cnn(-c2cc(C)c3ccccc3n2)c1NC(=O)C1CC(=O)N(CCCN(C)C)C1. The number of hydrogen-bond acceptors (Lipinski definition) is 7. The van der Waals surface area contributed by atoms with Gasteiger partial charge in [-0.25, -0.2) is 9.78 Å². The average Bonchev–Trinajstić information content (AvgIpc) is 3.42. The number of likely N-dealkylation sites (tertiary alicyclic amines) is 1. The lowest BCUT2D eigenvalue weighted by Crippen LogP contribution is -2.31. The molecule has 0 spiro atoms. The molecule has 1 aromatic carbocycles. The van der Waals surface area contributed by atoms with Gasteiger partial charge in [0.1, 0.15) is 5.56 Å². The molecule has 0 bridgehead atoms. The Morgan fingerprint density at radius 2 is 2.03 bits per heavy atom. The van der Waals surface area contributed by atoms with Gasteiger partial charge >= 0.3 is 5.97 Å². The first kappa shape index (κ1) is 25.3. The van der Waals surface area contributed by atoms with Crippen molar-refractivity contribution in [2.24, 2.45) is 5.92 Å². The average molecular weight is 493 g/mol. The summed E-state index contributed by atoms with van der Waals surface area (Å²) in [7, 11) is 3.97. The molecule has 3 heterocycles. The number of nitrogens with zero attached hydrogens (tertiary/aromatic N) is 5. The van der Waals surface area contributed by atoms with Crippen LogP contribution < -0.4 is 5.32 Å². The molecule has 0 saturated carbocycles. The molecule has 1 N–H and O–H groups in total. The van der Waals surface area contributed by atoms with Gasteiger partial charge in [0, 0.05) is 24.9 Å². The maximum atomic E-state index is 13.3. The molecular formula is C26H32N6O4. The number of para-hydroxylation sites is 1. The van der Waals surface area contributed by atoms with Crippen molar-refractivity contribution in [2.75, 3.05) is 45.7 Å². The van der Waals surface area contributed by atoms with Gasteiger partial charge in [-0.2, -0.15) is 9.78 Å². The number of ether oxygens (including phenoxy) is 1. The van der Waals surface area contributed by atoms with Crippen LogP contribution in [-0.2, 0) is 14.3 Å². The fourth-order valence-electron chi connectivity index (χ4n) is 4.40. The van der Waals surface area contributed by atoms with E-state index < -0.39 is 11.9 Å². The number of anilines is 1. The number of aryl methyl sites for hydroxylation is 1. The normalized spacial score (nSPS) is 15.6. The first-order valence-corrected chi connectivity index (χ1v) is 12.1. The predicted molar refractivity (Wildman–Crippen MR) is 136 cm³/mol. The topological polar surface area (TPSA) is 110 Å². The van der Waals surface area contributed by atoms with Gasteiger partial charge in [0.2, 0.25) is 11.8 Å².